The van der Waals surface area contributed by atoms with Gasteiger partial charge in [0.05, 0.1) is 0 Å². The number of hydrogen-bond donors (Lipinski definition) is 0. The molecule has 17 heavy (non-hydrogen) atoms. The molecule has 0 spiro atoms. The number of benzene rings is 3. The third kappa shape index (κ3) is 1.62. The van der Waals surface area contributed by atoms with Crippen LogP contribution in [0, 0.1) is 0 Å². The zero-order valence-corrected chi connectivity index (χ0v) is 9.85. The van der Waals surface area contributed by atoms with E-state index < -0.39 is 0 Å². The molecule has 3 aromatic rings. The Morgan fingerprint density at radius 3 is 1.82 bits per heavy atom. The van der Waals surface area contributed by atoms with Gasteiger partial charge in [0.25, 0.3) is 0 Å². The van der Waals surface area contributed by atoms with Crippen molar-refractivity contribution in [2.45, 2.75) is 6.92 Å². The first-order chi connectivity index (χ1) is 8.40. The van der Waals surface area contributed by atoms with E-state index in [1.165, 1.54) is 27.1 Å². The van der Waals surface area contributed by atoms with Crippen LogP contribution in [0.15, 0.2) is 60.7 Å². The molecule has 0 nitrogen and oxygen atoms in total. The molecule has 0 unspecified atom stereocenters. The van der Waals surface area contributed by atoms with Gasteiger partial charge in [0, 0.05) is 0 Å². The summed E-state index contributed by atoms with van der Waals surface area (Å²) in [5, 5.41) is 5.26. The Bertz CT molecular complexity index is 651. The van der Waals surface area contributed by atoms with Gasteiger partial charge >= 0.3 is 0 Å². The standard InChI is InChI=1S/C17H14/c1-2-7-17-15-10-5-3-8-13(15)12-14-9-4-6-11-16(14)17/h2-12H,1H3/b7-2+. The molecule has 0 heterocycles. The van der Waals surface area contributed by atoms with Crippen molar-refractivity contribution < 1.29 is 0 Å². The second-order valence-electron chi connectivity index (χ2n) is 4.23. The normalized spacial score (nSPS) is 11.6. The van der Waals surface area contributed by atoms with Crippen LogP contribution in [0.4, 0.5) is 0 Å². The summed E-state index contributed by atoms with van der Waals surface area (Å²) in [6.45, 7) is 2.07. The minimum atomic E-state index is 1.30. The van der Waals surface area contributed by atoms with Crippen LogP contribution in [-0.2, 0) is 0 Å². The van der Waals surface area contributed by atoms with Crippen LogP contribution in [-0.4, -0.2) is 0 Å². The van der Waals surface area contributed by atoms with E-state index in [4.69, 9.17) is 0 Å². The fourth-order valence-corrected chi connectivity index (χ4v) is 2.40. The van der Waals surface area contributed by atoms with Gasteiger partial charge in [-0.05, 0) is 40.1 Å². The molecule has 0 aliphatic carbocycles. The van der Waals surface area contributed by atoms with Crippen molar-refractivity contribution in [1.29, 1.82) is 0 Å². The van der Waals surface area contributed by atoms with Crippen molar-refractivity contribution in [2.24, 2.45) is 0 Å². The Morgan fingerprint density at radius 1 is 0.765 bits per heavy atom. The van der Waals surface area contributed by atoms with Crippen molar-refractivity contribution in [3.63, 3.8) is 0 Å². The summed E-state index contributed by atoms with van der Waals surface area (Å²) in [6.07, 6.45) is 4.30. The zero-order chi connectivity index (χ0) is 11.7. The molecule has 0 saturated heterocycles. The van der Waals surface area contributed by atoms with Crippen LogP contribution in [0.1, 0.15) is 12.5 Å². The van der Waals surface area contributed by atoms with E-state index >= 15 is 0 Å². The lowest BCUT2D eigenvalue weighted by molar-refractivity contribution is 1.72. The van der Waals surface area contributed by atoms with Gasteiger partial charge in [-0.15, -0.1) is 0 Å². The van der Waals surface area contributed by atoms with E-state index in [9.17, 15) is 0 Å². The fraction of sp³-hybridized carbons (Fsp3) is 0.0588. The molecule has 0 heteroatoms. The average molecular weight is 218 g/mol. The summed E-state index contributed by atoms with van der Waals surface area (Å²) in [5.74, 6) is 0. The van der Waals surface area contributed by atoms with Crippen molar-refractivity contribution in [1.82, 2.24) is 0 Å². The van der Waals surface area contributed by atoms with Crippen LogP contribution in [0.2, 0.25) is 0 Å². The molecule has 3 rings (SSSR count). The Hall–Kier alpha value is -2.08. The number of allylic oxidation sites excluding steroid dienone is 1. The van der Waals surface area contributed by atoms with E-state index in [1.807, 2.05) is 0 Å². The van der Waals surface area contributed by atoms with Crippen molar-refractivity contribution in [2.75, 3.05) is 0 Å². The van der Waals surface area contributed by atoms with E-state index in [0.717, 1.165) is 0 Å². The van der Waals surface area contributed by atoms with Crippen LogP contribution < -0.4 is 0 Å². The van der Waals surface area contributed by atoms with E-state index in [1.54, 1.807) is 0 Å². The Kier molecular flexibility index (Phi) is 2.41. The highest BCUT2D eigenvalue weighted by Crippen LogP contribution is 2.29. The van der Waals surface area contributed by atoms with E-state index in [-0.39, 0.29) is 0 Å². The maximum atomic E-state index is 2.26. The van der Waals surface area contributed by atoms with Gasteiger partial charge in [0.2, 0.25) is 0 Å². The van der Waals surface area contributed by atoms with Gasteiger partial charge in [0.1, 0.15) is 0 Å². The summed E-state index contributed by atoms with van der Waals surface area (Å²) >= 11 is 0. The SMILES string of the molecule is C/C=C/c1c2ccccc2cc2ccccc12. The molecule has 0 atom stereocenters. The smallest absolute Gasteiger partial charge is 0.0103 e. The molecular formula is C17H14. The molecular weight excluding hydrogens is 204 g/mol. The predicted octanol–water partition coefficient (Wildman–Crippen LogP) is 5.03. The molecule has 0 bridgehead atoms. The van der Waals surface area contributed by atoms with Crippen molar-refractivity contribution >= 4 is 27.6 Å². The largest absolute Gasteiger partial charge is 0.0870 e. The van der Waals surface area contributed by atoms with Crippen LogP contribution >= 0.6 is 0 Å². The van der Waals surface area contributed by atoms with Crippen molar-refractivity contribution in [3.8, 4) is 0 Å². The first kappa shape index (κ1) is 10.1. The highest BCUT2D eigenvalue weighted by molar-refractivity contribution is 6.06. The second-order valence-corrected chi connectivity index (χ2v) is 4.23. The monoisotopic (exact) mass is 218 g/mol. The van der Waals surface area contributed by atoms with Gasteiger partial charge in [-0.3, -0.25) is 0 Å². The first-order valence-corrected chi connectivity index (χ1v) is 5.93. The van der Waals surface area contributed by atoms with E-state index in [0.29, 0.717) is 0 Å². The topological polar surface area (TPSA) is 0 Å². The van der Waals surface area contributed by atoms with Crippen LogP contribution in [0.25, 0.3) is 27.6 Å². The van der Waals surface area contributed by atoms with Gasteiger partial charge in [-0.25, -0.2) is 0 Å². The lowest BCUT2D eigenvalue weighted by Crippen LogP contribution is -1.82. The minimum Gasteiger partial charge on any atom is -0.0870 e. The fourth-order valence-electron chi connectivity index (χ4n) is 2.40. The van der Waals surface area contributed by atoms with Gasteiger partial charge < -0.3 is 0 Å². The maximum Gasteiger partial charge on any atom is -0.0103 e. The molecule has 0 aliphatic rings. The molecule has 0 radical (unpaired) electrons. The number of fused-ring (bicyclic) bond motifs is 2. The third-order valence-corrected chi connectivity index (χ3v) is 3.15. The van der Waals surface area contributed by atoms with E-state index in [2.05, 4.69) is 73.7 Å². The Morgan fingerprint density at radius 2 is 1.29 bits per heavy atom. The molecule has 82 valence electrons. The minimum absolute atomic E-state index is 1.30. The quantitative estimate of drug-likeness (QED) is 0.503. The molecule has 0 fully saturated rings. The lowest BCUT2D eigenvalue weighted by atomic mass is 9.96. The summed E-state index contributed by atoms with van der Waals surface area (Å²) in [6, 6.07) is 19.4. The molecule has 0 aromatic heterocycles. The predicted molar refractivity (Wildman–Crippen MR) is 76.2 cm³/mol. The maximum absolute atomic E-state index is 2.26. The van der Waals surface area contributed by atoms with Gasteiger partial charge in [0.15, 0.2) is 0 Å². The van der Waals surface area contributed by atoms with Crippen LogP contribution in [0.5, 0.6) is 0 Å². The number of rotatable bonds is 1. The lowest BCUT2D eigenvalue weighted by Gasteiger charge is -2.07. The Labute approximate surface area is 101 Å². The third-order valence-electron chi connectivity index (χ3n) is 3.15. The van der Waals surface area contributed by atoms with Crippen LogP contribution in [0.3, 0.4) is 0 Å². The van der Waals surface area contributed by atoms with Crippen molar-refractivity contribution in [3.05, 3.63) is 66.2 Å². The van der Waals surface area contributed by atoms with Gasteiger partial charge in [-0.2, -0.15) is 0 Å². The molecule has 0 amide bonds. The van der Waals surface area contributed by atoms with Gasteiger partial charge in [-0.1, -0.05) is 60.7 Å². The summed E-state index contributed by atoms with van der Waals surface area (Å²) in [7, 11) is 0. The second kappa shape index (κ2) is 4.06. The molecule has 0 aliphatic heterocycles. The highest BCUT2D eigenvalue weighted by atomic mass is 14.1. The first-order valence-electron chi connectivity index (χ1n) is 5.93. The molecule has 3 aromatic carbocycles. The Balaban J connectivity index is 2.56. The summed E-state index contributed by atoms with van der Waals surface area (Å²) in [4.78, 5) is 0. The zero-order valence-electron chi connectivity index (χ0n) is 9.85. The summed E-state index contributed by atoms with van der Waals surface area (Å²) in [5.41, 5.74) is 1.32. The summed E-state index contributed by atoms with van der Waals surface area (Å²) < 4.78 is 0. The molecule has 0 N–H and O–H groups in total. The molecule has 0 saturated carbocycles. The highest BCUT2D eigenvalue weighted by Gasteiger charge is 2.03. The average Bonchev–Trinajstić information content (AvgIpc) is 2.39. The number of hydrogen-bond acceptors (Lipinski definition) is 0.